The SMILES string of the molecule is Cn1nc(C2CC2)cc1NC(=O)N1CCNC(=O)[C@H]1Cc1ccccc1. The van der Waals surface area contributed by atoms with Gasteiger partial charge in [-0.3, -0.25) is 14.8 Å². The number of aryl methyl sites for hydroxylation is 1. The number of nitrogens with one attached hydrogen (secondary N) is 2. The second-order valence-electron chi connectivity index (χ2n) is 6.97. The Labute approximate surface area is 152 Å². The molecule has 1 aliphatic carbocycles. The summed E-state index contributed by atoms with van der Waals surface area (Å²) in [7, 11) is 1.83. The number of anilines is 1. The average Bonchev–Trinajstić information content (AvgIpc) is 3.42. The summed E-state index contributed by atoms with van der Waals surface area (Å²) in [5.74, 6) is 1.08. The van der Waals surface area contributed by atoms with E-state index in [0.29, 0.717) is 31.2 Å². The van der Waals surface area contributed by atoms with E-state index in [1.54, 1.807) is 9.58 Å². The number of hydrogen-bond acceptors (Lipinski definition) is 3. The van der Waals surface area contributed by atoms with Crippen LogP contribution in [-0.4, -0.2) is 45.8 Å². The molecule has 1 saturated heterocycles. The first-order valence-corrected chi connectivity index (χ1v) is 9.05. The van der Waals surface area contributed by atoms with Crippen molar-refractivity contribution >= 4 is 17.8 Å². The van der Waals surface area contributed by atoms with E-state index in [2.05, 4.69) is 15.7 Å². The highest BCUT2D eigenvalue weighted by atomic mass is 16.2. The Kier molecular flexibility index (Phi) is 4.36. The Balaban J connectivity index is 1.49. The first kappa shape index (κ1) is 16.6. The number of aromatic nitrogens is 2. The third-order valence-electron chi connectivity index (χ3n) is 4.99. The third kappa shape index (κ3) is 3.42. The minimum Gasteiger partial charge on any atom is -0.353 e. The molecule has 136 valence electrons. The highest BCUT2D eigenvalue weighted by Crippen LogP contribution is 2.39. The molecule has 2 aliphatic rings. The number of amides is 3. The summed E-state index contributed by atoms with van der Waals surface area (Å²) in [5.41, 5.74) is 2.06. The molecule has 2 heterocycles. The molecule has 1 atom stereocenters. The number of piperazine rings is 1. The zero-order chi connectivity index (χ0) is 18.1. The van der Waals surface area contributed by atoms with Crippen LogP contribution in [0.5, 0.6) is 0 Å². The van der Waals surface area contributed by atoms with Gasteiger partial charge in [-0.05, 0) is 18.4 Å². The molecule has 0 bridgehead atoms. The fraction of sp³-hybridized carbons (Fsp3) is 0.421. The first-order chi connectivity index (χ1) is 12.6. The number of urea groups is 1. The van der Waals surface area contributed by atoms with Crippen molar-refractivity contribution in [1.82, 2.24) is 20.0 Å². The van der Waals surface area contributed by atoms with Crippen LogP contribution in [0.4, 0.5) is 10.6 Å². The molecule has 1 aromatic heterocycles. The van der Waals surface area contributed by atoms with Gasteiger partial charge >= 0.3 is 6.03 Å². The van der Waals surface area contributed by atoms with Gasteiger partial charge in [-0.15, -0.1) is 0 Å². The monoisotopic (exact) mass is 353 g/mol. The van der Waals surface area contributed by atoms with Crippen LogP contribution < -0.4 is 10.6 Å². The van der Waals surface area contributed by atoms with E-state index < -0.39 is 6.04 Å². The quantitative estimate of drug-likeness (QED) is 0.881. The number of carbonyl (C=O) groups excluding carboxylic acids is 2. The van der Waals surface area contributed by atoms with Gasteiger partial charge in [0, 0.05) is 38.5 Å². The number of benzene rings is 1. The zero-order valence-corrected chi connectivity index (χ0v) is 14.8. The molecule has 0 spiro atoms. The van der Waals surface area contributed by atoms with Crippen LogP contribution in [0.15, 0.2) is 36.4 Å². The van der Waals surface area contributed by atoms with Gasteiger partial charge in [0.15, 0.2) is 0 Å². The van der Waals surface area contributed by atoms with Gasteiger partial charge in [-0.1, -0.05) is 30.3 Å². The van der Waals surface area contributed by atoms with E-state index in [1.807, 2.05) is 43.4 Å². The van der Waals surface area contributed by atoms with Crippen LogP contribution in [0.25, 0.3) is 0 Å². The standard InChI is InChI=1S/C19H23N5O2/c1-23-17(12-15(22-23)14-7-8-14)21-19(26)24-10-9-20-18(25)16(24)11-13-5-3-2-4-6-13/h2-6,12,14,16H,7-11H2,1H3,(H,20,25)(H,21,26)/t16-/m1/s1. The second kappa shape index (κ2) is 6.82. The maximum absolute atomic E-state index is 12.9. The minimum atomic E-state index is -0.512. The smallest absolute Gasteiger partial charge is 0.323 e. The number of rotatable bonds is 4. The van der Waals surface area contributed by atoms with Crippen LogP contribution in [-0.2, 0) is 18.3 Å². The van der Waals surface area contributed by atoms with E-state index in [0.717, 1.165) is 24.1 Å². The largest absolute Gasteiger partial charge is 0.353 e. The number of carbonyl (C=O) groups is 2. The lowest BCUT2D eigenvalue weighted by Crippen LogP contribution is -2.59. The molecular formula is C19H23N5O2. The summed E-state index contributed by atoms with van der Waals surface area (Å²) in [6.45, 7) is 0.957. The molecule has 3 amide bonds. The van der Waals surface area contributed by atoms with Crippen molar-refractivity contribution in [3.8, 4) is 0 Å². The molecule has 1 saturated carbocycles. The molecule has 1 aliphatic heterocycles. The Morgan fingerprint density at radius 2 is 2.08 bits per heavy atom. The lowest BCUT2D eigenvalue weighted by Gasteiger charge is -2.35. The summed E-state index contributed by atoms with van der Waals surface area (Å²) in [6.07, 6.45) is 2.82. The topological polar surface area (TPSA) is 79.3 Å². The molecule has 2 fully saturated rings. The van der Waals surface area contributed by atoms with E-state index in [4.69, 9.17) is 0 Å². The highest BCUT2D eigenvalue weighted by Gasteiger charge is 2.34. The fourth-order valence-electron chi connectivity index (χ4n) is 3.36. The van der Waals surface area contributed by atoms with Gasteiger partial charge in [-0.25, -0.2) is 4.79 Å². The number of nitrogens with zero attached hydrogens (tertiary/aromatic N) is 3. The molecule has 2 aromatic rings. The molecule has 0 unspecified atom stereocenters. The van der Waals surface area contributed by atoms with Gasteiger partial charge in [0.2, 0.25) is 5.91 Å². The summed E-state index contributed by atoms with van der Waals surface area (Å²) in [5, 5.41) is 10.3. The molecule has 2 N–H and O–H groups in total. The normalized spacial score (nSPS) is 20.0. The van der Waals surface area contributed by atoms with E-state index >= 15 is 0 Å². The summed E-state index contributed by atoms with van der Waals surface area (Å²) in [6, 6.07) is 10.9. The van der Waals surface area contributed by atoms with Crippen LogP contribution >= 0.6 is 0 Å². The van der Waals surface area contributed by atoms with Gasteiger partial charge in [0.1, 0.15) is 11.9 Å². The Bertz CT molecular complexity index is 813. The molecule has 0 radical (unpaired) electrons. The van der Waals surface area contributed by atoms with Gasteiger partial charge < -0.3 is 10.2 Å². The minimum absolute atomic E-state index is 0.112. The lowest BCUT2D eigenvalue weighted by molar-refractivity contribution is -0.127. The van der Waals surface area contributed by atoms with Crippen molar-refractivity contribution < 1.29 is 9.59 Å². The zero-order valence-electron chi connectivity index (χ0n) is 14.8. The number of hydrogen-bond donors (Lipinski definition) is 2. The Morgan fingerprint density at radius 1 is 1.31 bits per heavy atom. The maximum atomic E-state index is 12.9. The van der Waals surface area contributed by atoms with Crippen LogP contribution in [0.1, 0.15) is 30.0 Å². The lowest BCUT2D eigenvalue weighted by atomic mass is 10.0. The van der Waals surface area contributed by atoms with Crippen molar-refractivity contribution in [2.45, 2.75) is 31.2 Å². The summed E-state index contributed by atoms with van der Waals surface area (Å²) < 4.78 is 1.70. The molecular weight excluding hydrogens is 330 g/mol. The van der Waals surface area contributed by atoms with Crippen molar-refractivity contribution in [3.05, 3.63) is 47.7 Å². The van der Waals surface area contributed by atoms with Crippen LogP contribution in [0.3, 0.4) is 0 Å². The Hall–Kier alpha value is -2.83. The van der Waals surface area contributed by atoms with Crippen LogP contribution in [0.2, 0.25) is 0 Å². The average molecular weight is 353 g/mol. The molecule has 26 heavy (non-hydrogen) atoms. The predicted molar refractivity (Wildman–Crippen MR) is 97.9 cm³/mol. The first-order valence-electron chi connectivity index (χ1n) is 9.05. The molecule has 4 rings (SSSR count). The van der Waals surface area contributed by atoms with E-state index in [1.165, 1.54) is 0 Å². The van der Waals surface area contributed by atoms with Gasteiger partial charge in [-0.2, -0.15) is 5.10 Å². The van der Waals surface area contributed by atoms with Gasteiger partial charge in [0.05, 0.1) is 5.69 Å². The highest BCUT2D eigenvalue weighted by molar-refractivity contribution is 5.94. The molecule has 7 heteroatoms. The Morgan fingerprint density at radius 3 is 2.81 bits per heavy atom. The molecule has 7 nitrogen and oxygen atoms in total. The van der Waals surface area contributed by atoms with Gasteiger partial charge in [0.25, 0.3) is 0 Å². The van der Waals surface area contributed by atoms with Crippen molar-refractivity contribution in [2.75, 3.05) is 18.4 Å². The maximum Gasteiger partial charge on any atom is 0.323 e. The summed E-state index contributed by atoms with van der Waals surface area (Å²) in [4.78, 5) is 26.9. The van der Waals surface area contributed by atoms with E-state index in [-0.39, 0.29) is 11.9 Å². The van der Waals surface area contributed by atoms with Crippen molar-refractivity contribution in [2.24, 2.45) is 7.05 Å². The summed E-state index contributed by atoms with van der Waals surface area (Å²) >= 11 is 0. The van der Waals surface area contributed by atoms with E-state index in [9.17, 15) is 9.59 Å². The predicted octanol–water partition coefficient (Wildman–Crippen LogP) is 1.87. The van der Waals surface area contributed by atoms with Crippen molar-refractivity contribution in [3.63, 3.8) is 0 Å². The van der Waals surface area contributed by atoms with Crippen LogP contribution in [0, 0.1) is 0 Å². The van der Waals surface area contributed by atoms with Crippen molar-refractivity contribution in [1.29, 1.82) is 0 Å². The molecule has 1 aromatic carbocycles. The fourth-order valence-corrected chi connectivity index (χ4v) is 3.36. The third-order valence-corrected chi connectivity index (χ3v) is 4.99. The second-order valence-corrected chi connectivity index (χ2v) is 6.97.